The lowest BCUT2D eigenvalue weighted by Crippen LogP contribution is -1.95. The zero-order valence-corrected chi connectivity index (χ0v) is 9.56. The summed E-state index contributed by atoms with van der Waals surface area (Å²) in [5, 5.41) is 0. The summed E-state index contributed by atoms with van der Waals surface area (Å²) in [7, 11) is 0. The van der Waals surface area contributed by atoms with Crippen LogP contribution in [-0.4, -0.2) is 9.97 Å². The van der Waals surface area contributed by atoms with Crippen LogP contribution < -0.4 is 0 Å². The molecule has 0 amide bonds. The Morgan fingerprint density at radius 3 is 2.62 bits per heavy atom. The van der Waals surface area contributed by atoms with E-state index in [1.165, 1.54) is 6.42 Å². The number of rotatable bonds is 4. The highest BCUT2D eigenvalue weighted by Crippen LogP contribution is 2.15. The minimum atomic E-state index is 0.947. The number of benzene rings is 1. The van der Waals surface area contributed by atoms with Gasteiger partial charge in [-0.15, -0.1) is 0 Å². The van der Waals surface area contributed by atoms with Crippen molar-refractivity contribution < 1.29 is 0 Å². The molecule has 0 radical (unpaired) electrons. The van der Waals surface area contributed by atoms with Gasteiger partial charge in [0, 0.05) is 18.2 Å². The molecule has 0 bridgehead atoms. The second kappa shape index (κ2) is 5.40. The van der Waals surface area contributed by atoms with Crippen molar-refractivity contribution in [3.05, 3.63) is 48.4 Å². The summed E-state index contributed by atoms with van der Waals surface area (Å²) in [5.41, 5.74) is 2.17. The van der Waals surface area contributed by atoms with Crippen LogP contribution in [0.4, 0.5) is 0 Å². The summed E-state index contributed by atoms with van der Waals surface area (Å²) in [6.07, 6.45) is 5.15. The molecule has 2 nitrogen and oxygen atoms in total. The van der Waals surface area contributed by atoms with E-state index in [0.717, 1.165) is 29.9 Å². The van der Waals surface area contributed by atoms with E-state index < -0.39 is 0 Å². The third kappa shape index (κ3) is 2.66. The maximum absolute atomic E-state index is 4.57. The minimum Gasteiger partial charge on any atom is -0.241 e. The van der Waals surface area contributed by atoms with Crippen molar-refractivity contribution in [1.82, 2.24) is 9.97 Å². The fourth-order valence-corrected chi connectivity index (χ4v) is 1.62. The summed E-state index contributed by atoms with van der Waals surface area (Å²) < 4.78 is 0. The molecule has 1 heterocycles. The van der Waals surface area contributed by atoms with Crippen LogP contribution in [-0.2, 0) is 6.42 Å². The number of nitrogens with zero attached hydrogens (tertiary/aromatic N) is 2. The maximum atomic E-state index is 4.57. The van der Waals surface area contributed by atoms with E-state index in [1.807, 2.05) is 30.5 Å². The van der Waals surface area contributed by atoms with Crippen LogP contribution in [0.25, 0.3) is 11.3 Å². The van der Waals surface area contributed by atoms with E-state index in [9.17, 15) is 0 Å². The second-order valence-electron chi connectivity index (χ2n) is 3.83. The predicted octanol–water partition coefficient (Wildman–Crippen LogP) is 3.49. The maximum Gasteiger partial charge on any atom is 0.128 e. The van der Waals surface area contributed by atoms with Gasteiger partial charge in [-0.05, 0) is 12.5 Å². The van der Waals surface area contributed by atoms with Crippen molar-refractivity contribution >= 4 is 0 Å². The zero-order valence-electron chi connectivity index (χ0n) is 9.56. The van der Waals surface area contributed by atoms with Gasteiger partial charge < -0.3 is 0 Å². The lowest BCUT2D eigenvalue weighted by atomic mass is 10.1. The Hall–Kier alpha value is -1.70. The second-order valence-corrected chi connectivity index (χ2v) is 3.83. The van der Waals surface area contributed by atoms with Crippen LogP contribution in [0.3, 0.4) is 0 Å². The van der Waals surface area contributed by atoms with Crippen LogP contribution in [0.1, 0.15) is 25.6 Å². The van der Waals surface area contributed by atoms with Crippen molar-refractivity contribution in [2.24, 2.45) is 0 Å². The van der Waals surface area contributed by atoms with E-state index in [1.54, 1.807) is 0 Å². The molecule has 1 aromatic heterocycles. The molecule has 16 heavy (non-hydrogen) atoms. The van der Waals surface area contributed by atoms with Crippen molar-refractivity contribution in [2.45, 2.75) is 26.2 Å². The minimum absolute atomic E-state index is 0.947. The highest BCUT2D eigenvalue weighted by atomic mass is 14.9. The van der Waals surface area contributed by atoms with Crippen molar-refractivity contribution in [1.29, 1.82) is 0 Å². The molecule has 0 saturated heterocycles. The number of aromatic nitrogens is 2. The fraction of sp³-hybridized carbons (Fsp3) is 0.286. The number of hydrogen-bond acceptors (Lipinski definition) is 2. The normalized spacial score (nSPS) is 10.3. The number of unbranched alkanes of at least 4 members (excludes halogenated alkanes) is 1. The lowest BCUT2D eigenvalue weighted by Gasteiger charge is -2.03. The van der Waals surface area contributed by atoms with Crippen LogP contribution in [0.5, 0.6) is 0 Å². The van der Waals surface area contributed by atoms with Gasteiger partial charge in [-0.2, -0.15) is 0 Å². The summed E-state index contributed by atoms with van der Waals surface area (Å²) in [6, 6.07) is 12.2. The van der Waals surface area contributed by atoms with Gasteiger partial charge in [-0.1, -0.05) is 43.7 Å². The fourth-order valence-electron chi connectivity index (χ4n) is 1.62. The van der Waals surface area contributed by atoms with E-state index >= 15 is 0 Å². The SMILES string of the molecule is CCCCc1nccc(-c2ccccc2)n1. The van der Waals surface area contributed by atoms with Crippen LogP contribution >= 0.6 is 0 Å². The Kier molecular flexibility index (Phi) is 3.65. The number of hydrogen-bond donors (Lipinski definition) is 0. The van der Waals surface area contributed by atoms with Gasteiger partial charge in [0.1, 0.15) is 5.82 Å². The molecule has 82 valence electrons. The zero-order chi connectivity index (χ0) is 11.2. The highest BCUT2D eigenvalue weighted by molar-refractivity contribution is 5.58. The van der Waals surface area contributed by atoms with Crippen LogP contribution in [0.2, 0.25) is 0 Å². The smallest absolute Gasteiger partial charge is 0.128 e. The predicted molar refractivity (Wildman–Crippen MR) is 66.1 cm³/mol. The molecular formula is C14H16N2. The van der Waals surface area contributed by atoms with Crippen molar-refractivity contribution in [3.8, 4) is 11.3 Å². The monoisotopic (exact) mass is 212 g/mol. The third-order valence-corrected chi connectivity index (χ3v) is 2.53. The summed E-state index contributed by atoms with van der Waals surface area (Å²) in [4.78, 5) is 8.86. The largest absolute Gasteiger partial charge is 0.241 e. The molecule has 0 fully saturated rings. The van der Waals surface area contributed by atoms with Gasteiger partial charge in [-0.3, -0.25) is 0 Å². The third-order valence-electron chi connectivity index (χ3n) is 2.53. The van der Waals surface area contributed by atoms with Crippen LogP contribution in [0, 0.1) is 0 Å². The average Bonchev–Trinajstić information content (AvgIpc) is 2.38. The van der Waals surface area contributed by atoms with Gasteiger partial charge >= 0.3 is 0 Å². The molecule has 2 aromatic rings. The molecule has 0 aliphatic carbocycles. The van der Waals surface area contributed by atoms with Crippen molar-refractivity contribution in [2.75, 3.05) is 0 Å². The molecule has 2 heteroatoms. The Labute approximate surface area is 96.4 Å². The summed E-state index contributed by atoms with van der Waals surface area (Å²) >= 11 is 0. The van der Waals surface area contributed by atoms with Gasteiger partial charge in [0.25, 0.3) is 0 Å². The lowest BCUT2D eigenvalue weighted by molar-refractivity contribution is 0.753. The molecule has 0 spiro atoms. The first-order valence-corrected chi connectivity index (χ1v) is 5.77. The molecule has 0 saturated carbocycles. The Balaban J connectivity index is 2.22. The summed E-state index contributed by atoms with van der Waals surface area (Å²) in [5.74, 6) is 0.947. The highest BCUT2D eigenvalue weighted by Gasteiger charge is 2.00. The first kappa shape index (κ1) is 10.8. The molecule has 0 aliphatic heterocycles. The molecule has 2 rings (SSSR count). The van der Waals surface area contributed by atoms with E-state index in [4.69, 9.17) is 0 Å². The Morgan fingerprint density at radius 1 is 1.06 bits per heavy atom. The average molecular weight is 212 g/mol. The molecule has 1 aromatic carbocycles. The van der Waals surface area contributed by atoms with E-state index in [0.29, 0.717) is 0 Å². The first-order chi connectivity index (χ1) is 7.90. The van der Waals surface area contributed by atoms with Crippen molar-refractivity contribution in [3.63, 3.8) is 0 Å². The van der Waals surface area contributed by atoms with E-state index in [2.05, 4.69) is 29.0 Å². The Bertz CT molecular complexity index is 437. The van der Waals surface area contributed by atoms with E-state index in [-0.39, 0.29) is 0 Å². The Morgan fingerprint density at radius 2 is 1.88 bits per heavy atom. The standard InChI is InChI=1S/C14H16N2/c1-2-3-9-14-15-11-10-13(16-14)12-7-5-4-6-8-12/h4-8,10-11H,2-3,9H2,1H3. The molecule has 0 unspecified atom stereocenters. The molecule has 0 aliphatic rings. The topological polar surface area (TPSA) is 25.8 Å². The van der Waals surface area contributed by atoms with Gasteiger partial charge in [-0.25, -0.2) is 9.97 Å². The van der Waals surface area contributed by atoms with Gasteiger partial charge in [0.05, 0.1) is 5.69 Å². The quantitative estimate of drug-likeness (QED) is 0.775. The molecule has 0 N–H and O–H groups in total. The molecule has 0 atom stereocenters. The number of aryl methyl sites for hydroxylation is 1. The van der Waals surface area contributed by atoms with Crippen LogP contribution in [0.15, 0.2) is 42.6 Å². The van der Waals surface area contributed by atoms with Gasteiger partial charge in [0.2, 0.25) is 0 Å². The summed E-state index contributed by atoms with van der Waals surface area (Å²) in [6.45, 7) is 2.18. The molecular weight excluding hydrogens is 196 g/mol. The first-order valence-electron chi connectivity index (χ1n) is 5.77. The van der Waals surface area contributed by atoms with Gasteiger partial charge in [0.15, 0.2) is 0 Å².